The lowest BCUT2D eigenvalue weighted by atomic mass is 9.93. The van der Waals surface area contributed by atoms with Crippen molar-refractivity contribution in [3.8, 4) is 22.4 Å². The molecular weight excluding hydrogens is 554 g/mol. The molecule has 2 unspecified atom stereocenters. The lowest BCUT2D eigenvalue weighted by Crippen LogP contribution is -2.53. The van der Waals surface area contributed by atoms with Gasteiger partial charge in [0.05, 0.1) is 29.5 Å². The molecule has 0 radical (unpaired) electrons. The van der Waals surface area contributed by atoms with Crippen molar-refractivity contribution in [2.75, 3.05) is 19.3 Å². The van der Waals surface area contributed by atoms with Gasteiger partial charge in [-0.05, 0) is 93.8 Å². The molecular formula is C35H43N5O2S. The van der Waals surface area contributed by atoms with Crippen LogP contribution in [0.1, 0.15) is 70.3 Å². The van der Waals surface area contributed by atoms with Crippen LogP contribution in [0.2, 0.25) is 0 Å². The predicted molar refractivity (Wildman–Crippen MR) is 175 cm³/mol. The molecule has 2 saturated heterocycles. The first-order valence-electron chi connectivity index (χ1n) is 15.7. The van der Waals surface area contributed by atoms with Gasteiger partial charge in [0.1, 0.15) is 11.4 Å². The molecule has 4 aliphatic rings. The van der Waals surface area contributed by atoms with Crippen LogP contribution in [0.25, 0.3) is 28.1 Å². The molecule has 4 heterocycles. The number of nitrogens with one attached hydrogen (secondary N) is 3. The number of likely N-dealkylation sites (tertiary alicyclic amines) is 1. The fraction of sp³-hybridized carbons (Fsp3) is 0.486. The molecule has 7 rings (SSSR count). The topological polar surface area (TPSA) is 82.3 Å². The van der Waals surface area contributed by atoms with Crippen molar-refractivity contribution in [1.82, 2.24) is 25.5 Å². The van der Waals surface area contributed by atoms with E-state index in [1.807, 2.05) is 43.6 Å². The second-order valence-electron chi connectivity index (χ2n) is 13.6. The van der Waals surface area contributed by atoms with Crippen LogP contribution >= 0.6 is 11.8 Å². The van der Waals surface area contributed by atoms with Crippen molar-refractivity contribution in [3.05, 3.63) is 72.2 Å². The Kier molecular flexibility index (Phi) is 7.33. The van der Waals surface area contributed by atoms with Gasteiger partial charge in [-0.1, -0.05) is 54.6 Å². The van der Waals surface area contributed by atoms with Gasteiger partial charge in [0, 0.05) is 17.5 Å². The molecule has 5 atom stereocenters. The number of hydrogen-bond acceptors (Lipinski definition) is 6. The Morgan fingerprint density at radius 1 is 1.05 bits per heavy atom. The molecule has 43 heavy (non-hydrogen) atoms. The van der Waals surface area contributed by atoms with Gasteiger partial charge in [-0.3, -0.25) is 0 Å². The zero-order valence-corrected chi connectivity index (χ0v) is 26.5. The second-order valence-corrected chi connectivity index (χ2v) is 14.8. The summed E-state index contributed by atoms with van der Waals surface area (Å²) < 4.78 is 5.85. The largest absolute Gasteiger partial charge is 0.444 e. The number of aromatic amines is 1. The standard InChI is InChI=1S/C35H43N5O2S/c1-34(2,3)42-33(41)40-21-27(43-4)18-31(40)35-19-26(35)15-16-28(39-35)24-11-7-22(8-12-24)23-9-13-25(14-10-23)30-20-37-32(38-30)29-6-5-17-36-29/h7-14,16,20,26-27,29,31,36,39H,5-6,15,17-19,21H2,1-4H3,(H,37,38)/t26?,27-,29-,31-,35?/m0/s1. The minimum absolute atomic E-state index is 0.0691. The molecule has 1 aromatic heterocycles. The van der Waals surface area contributed by atoms with Crippen LogP contribution in [-0.2, 0) is 4.74 Å². The number of carbonyl (C=O) groups is 1. The number of thioether (sulfide) groups is 1. The van der Waals surface area contributed by atoms with Gasteiger partial charge >= 0.3 is 6.09 Å². The second kappa shape index (κ2) is 11.0. The van der Waals surface area contributed by atoms with Gasteiger partial charge in [-0.15, -0.1) is 0 Å². The molecule has 0 spiro atoms. The number of hydrogen-bond donors (Lipinski definition) is 3. The lowest BCUT2D eigenvalue weighted by Gasteiger charge is -2.37. The zero-order valence-electron chi connectivity index (χ0n) is 25.7. The Balaban J connectivity index is 1.04. The molecule has 1 amide bonds. The number of H-pyrrole nitrogens is 1. The number of allylic oxidation sites excluding steroid dienone is 1. The smallest absolute Gasteiger partial charge is 0.410 e. The highest BCUT2D eigenvalue weighted by Gasteiger charge is 2.64. The highest BCUT2D eigenvalue weighted by molar-refractivity contribution is 7.99. The van der Waals surface area contributed by atoms with Crippen LogP contribution in [0.3, 0.4) is 0 Å². The third kappa shape index (κ3) is 5.60. The van der Waals surface area contributed by atoms with Crippen molar-refractivity contribution in [3.63, 3.8) is 0 Å². The minimum Gasteiger partial charge on any atom is -0.444 e. The fourth-order valence-electron chi connectivity index (χ4n) is 7.28. The Morgan fingerprint density at radius 3 is 2.40 bits per heavy atom. The normalized spacial score (nSPS) is 28.3. The summed E-state index contributed by atoms with van der Waals surface area (Å²) in [5.74, 6) is 1.59. The van der Waals surface area contributed by atoms with Crippen molar-refractivity contribution in [2.45, 2.75) is 81.3 Å². The van der Waals surface area contributed by atoms with E-state index >= 15 is 0 Å². The summed E-state index contributed by atoms with van der Waals surface area (Å²) in [5.41, 5.74) is 6.40. The number of amides is 1. The third-order valence-electron chi connectivity index (χ3n) is 9.66. The molecule has 3 aromatic rings. The van der Waals surface area contributed by atoms with E-state index in [-0.39, 0.29) is 17.7 Å². The number of rotatable bonds is 6. The summed E-state index contributed by atoms with van der Waals surface area (Å²) in [6.45, 7) is 7.66. The van der Waals surface area contributed by atoms with Gasteiger partial charge < -0.3 is 25.3 Å². The molecule has 1 saturated carbocycles. The number of fused-ring (bicyclic) bond motifs is 1. The van der Waals surface area contributed by atoms with E-state index in [4.69, 9.17) is 4.74 Å². The predicted octanol–water partition coefficient (Wildman–Crippen LogP) is 7.00. The van der Waals surface area contributed by atoms with Crippen LogP contribution in [0.5, 0.6) is 0 Å². The molecule has 8 heteroatoms. The number of benzene rings is 2. The number of nitrogens with zero attached hydrogens (tertiary/aromatic N) is 2. The Hall–Kier alpha value is -3.23. The van der Waals surface area contributed by atoms with Crippen LogP contribution < -0.4 is 10.6 Å². The SMILES string of the molecule is CS[C@H]1C[C@@H](C23CC2CC=C(c2ccc(-c4ccc(-c5cnc([C@@H]6CCCN6)[nH]5)cc4)cc2)N3)N(C(=O)OC(C)(C)C)C1. The highest BCUT2D eigenvalue weighted by atomic mass is 32.2. The number of ether oxygens (including phenoxy) is 1. The van der Waals surface area contributed by atoms with Gasteiger partial charge in [0.15, 0.2) is 0 Å². The van der Waals surface area contributed by atoms with E-state index in [2.05, 4.69) is 81.5 Å². The van der Waals surface area contributed by atoms with E-state index in [0.29, 0.717) is 17.2 Å². The fourth-order valence-corrected chi connectivity index (χ4v) is 7.96. The monoisotopic (exact) mass is 597 g/mol. The molecule has 0 bridgehead atoms. The zero-order chi connectivity index (χ0) is 29.8. The van der Waals surface area contributed by atoms with E-state index in [0.717, 1.165) is 55.9 Å². The van der Waals surface area contributed by atoms with E-state index in [1.54, 1.807) is 0 Å². The van der Waals surface area contributed by atoms with Crippen molar-refractivity contribution in [1.29, 1.82) is 0 Å². The maximum absolute atomic E-state index is 13.3. The van der Waals surface area contributed by atoms with Crippen molar-refractivity contribution >= 4 is 23.6 Å². The average molecular weight is 598 g/mol. The van der Waals surface area contributed by atoms with Crippen LogP contribution in [0.15, 0.2) is 60.8 Å². The molecule has 2 aromatic carbocycles. The highest BCUT2D eigenvalue weighted by Crippen LogP contribution is 2.56. The first-order chi connectivity index (χ1) is 20.7. The lowest BCUT2D eigenvalue weighted by molar-refractivity contribution is 0.0183. The Bertz CT molecular complexity index is 1500. The summed E-state index contributed by atoms with van der Waals surface area (Å²) in [6.07, 6.45) is 11.7. The van der Waals surface area contributed by atoms with Gasteiger partial charge in [-0.2, -0.15) is 11.8 Å². The van der Waals surface area contributed by atoms with Gasteiger partial charge in [0.2, 0.25) is 0 Å². The molecule has 3 aliphatic heterocycles. The average Bonchev–Trinajstić information content (AvgIpc) is 3.46. The molecule has 226 valence electrons. The summed E-state index contributed by atoms with van der Waals surface area (Å²) in [7, 11) is 0. The quantitative estimate of drug-likeness (QED) is 0.284. The van der Waals surface area contributed by atoms with E-state index < -0.39 is 5.60 Å². The first kappa shape index (κ1) is 28.5. The maximum Gasteiger partial charge on any atom is 0.410 e. The van der Waals surface area contributed by atoms with Crippen LogP contribution in [0, 0.1) is 5.92 Å². The van der Waals surface area contributed by atoms with Crippen LogP contribution in [0.4, 0.5) is 4.79 Å². The van der Waals surface area contributed by atoms with Crippen LogP contribution in [-0.4, -0.2) is 62.7 Å². The van der Waals surface area contributed by atoms with Gasteiger partial charge in [0.25, 0.3) is 0 Å². The molecule has 3 N–H and O–H groups in total. The van der Waals surface area contributed by atoms with Crippen molar-refractivity contribution in [2.24, 2.45) is 5.92 Å². The minimum atomic E-state index is -0.498. The number of carbonyl (C=O) groups excluding carboxylic acids is 1. The summed E-state index contributed by atoms with van der Waals surface area (Å²) >= 11 is 1.86. The third-order valence-corrected chi connectivity index (χ3v) is 10.7. The summed E-state index contributed by atoms with van der Waals surface area (Å²) in [5, 5.41) is 7.90. The maximum atomic E-state index is 13.3. The van der Waals surface area contributed by atoms with E-state index in [9.17, 15) is 4.79 Å². The molecule has 1 aliphatic carbocycles. The van der Waals surface area contributed by atoms with E-state index in [1.165, 1.54) is 28.8 Å². The number of imidazole rings is 1. The number of aromatic nitrogens is 2. The molecule has 7 nitrogen and oxygen atoms in total. The molecule has 3 fully saturated rings. The first-order valence-corrected chi connectivity index (χ1v) is 17.0. The Morgan fingerprint density at radius 2 is 1.74 bits per heavy atom. The van der Waals surface area contributed by atoms with Crippen molar-refractivity contribution < 1.29 is 9.53 Å². The van der Waals surface area contributed by atoms with Gasteiger partial charge in [-0.25, -0.2) is 9.78 Å². The Labute approximate surface area is 259 Å². The summed E-state index contributed by atoms with van der Waals surface area (Å²) in [4.78, 5) is 23.4. The summed E-state index contributed by atoms with van der Waals surface area (Å²) in [6, 6.07) is 18.1.